The summed E-state index contributed by atoms with van der Waals surface area (Å²) in [4.78, 5) is 14.8. The standard InChI is InChI=1S/C18H23N3O/c1-14-16(12-19-20(14)2)11-18(22)21(13-15-7-6-8-15)17-9-4-3-5-10-17/h3-5,9-10,12,15H,6-8,11,13H2,1-2H3. The van der Waals surface area contributed by atoms with Crippen LogP contribution in [0.2, 0.25) is 0 Å². The molecule has 0 aliphatic heterocycles. The molecule has 1 fully saturated rings. The fourth-order valence-electron chi connectivity index (χ4n) is 2.87. The zero-order valence-electron chi connectivity index (χ0n) is 13.3. The van der Waals surface area contributed by atoms with E-state index >= 15 is 0 Å². The Balaban J connectivity index is 1.78. The number of amides is 1. The number of carbonyl (C=O) groups is 1. The molecule has 1 aromatic heterocycles. The van der Waals surface area contributed by atoms with Gasteiger partial charge in [0.2, 0.25) is 5.91 Å². The van der Waals surface area contributed by atoms with Crippen molar-refractivity contribution >= 4 is 11.6 Å². The average Bonchev–Trinajstić information content (AvgIpc) is 2.79. The predicted molar refractivity (Wildman–Crippen MR) is 87.8 cm³/mol. The molecule has 0 bridgehead atoms. The van der Waals surface area contributed by atoms with Crippen LogP contribution < -0.4 is 4.90 Å². The van der Waals surface area contributed by atoms with Crippen LogP contribution in [0.4, 0.5) is 5.69 Å². The van der Waals surface area contributed by atoms with E-state index in [1.807, 2.05) is 53.9 Å². The molecule has 1 aliphatic rings. The molecule has 4 heteroatoms. The Morgan fingerprint density at radius 3 is 2.59 bits per heavy atom. The van der Waals surface area contributed by atoms with Crippen LogP contribution >= 0.6 is 0 Å². The van der Waals surface area contributed by atoms with E-state index in [1.165, 1.54) is 19.3 Å². The second kappa shape index (κ2) is 6.34. The highest BCUT2D eigenvalue weighted by Crippen LogP contribution is 2.29. The van der Waals surface area contributed by atoms with Gasteiger partial charge < -0.3 is 4.90 Å². The van der Waals surface area contributed by atoms with E-state index in [4.69, 9.17) is 0 Å². The maximum atomic E-state index is 12.8. The Morgan fingerprint density at radius 2 is 2.05 bits per heavy atom. The molecule has 4 nitrogen and oxygen atoms in total. The summed E-state index contributed by atoms with van der Waals surface area (Å²) < 4.78 is 1.82. The minimum absolute atomic E-state index is 0.161. The van der Waals surface area contributed by atoms with Gasteiger partial charge in [-0.1, -0.05) is 24.6 Å². The van der Waals surface area contributed by atoms with Crippen LogP contribution in [0.1, 0.15) is 30.5 Å². The molecule has 0 radical (unpaired) electrons. The second-order valence-corrected chi connectivity index (χ2v) is 6.19. The molecule has 0 saturated heterocycles. The van der Waals surface area contributed by atoms with Crippen LogP contribution in [0, 0.1) is 12.8 Å². The van der Waals surface area contributed by atoms with E-state index in [2.05, 4.69) is 5.10 Å². The number of benzene rings is 1. The summed E-state index contributed by atoms with van der Waals surface area (Å²) in [5.41, 5.74) is 3.08. The van der Waals surface area contributed by atoms with Gasteiger partial charge in [-0.05, 0) is 37.8 Å². The molecular weight excluding hydrogens is 274 g/mol. The number of hydrogen-bond acceptors (Lipinski definition) is 2. The molecular formula is C18H23N3O. The van der Waals surface area contributed by atoms with Gasteiger partial charge in [-0.3, -0.25) is 9.48 Å². The lowest BCUT2D eigenvalue weighted by Gasteiger charge is -2.32. The van der Waals surface area contributed by atoms with Gasteiger partial charge in [-0.15, -0.1) is 0 Å². The van der Waals surface area contributed by atoms with Gasteiger partial charge in [0.05, 0.1) is 12.6 Å². The van der Waals surface area contributed by atoms with Crippen molar-refractivity contribution < 1.29 is 4.79 Å². The van der Waals surface area contributed by atoms with Crippen LogP contribution in [0.15, 0.2) is 36.5 Å². The molecule has 1 amide bonds. The number of anilines is 1. The van der Waals surface area contributed by atoms with Crippen molar-refractivity contribution in [1.82, 2.24) is 9.78 Å². The monoisotopic (exact) mass is 297 g/mol. The fourth-order valence-corrected chi connectivity index (χ4v) is 2.87. The third-order valence-electron chi connectivity index (χ3n) is 4.71. The van der Waals surface area contributed by atoms with Crippen LogP contribution in [0.3, 0.4) is 0 Å². The molecule has 1 aliphatic carbocycles. The minimum atomic E-state index is 0.161. The third kappa shape index (κ3) is 3.06. The Kier molecular flexibility index (Phi) is 4.27. The van der Waals surface area contributed by atoms with Crippen molar-refractivity contribution in [2.24, 2.45) is 13.0 Å². The van der Waals surface area contributed by atoms with Crippen molar-refractivity contribution in [2.75, 3.05) is 11.4 Å². The Morgan fingerprint density at radius 1 is 1.32 bits per heavy atom. The molecule has 0 N–H and O–H groups in total. The number of hydrogen-bond donors (Lipinski definition) is 0. The average molecular weight is 297 g/mol. The number of nitrogens with zero attached hydrogens (tertiary/aromatic N) is 3. The van der Waals surface area contributed by atoms with Gasteiger partial charge in [-0.2, -0.15) is 5.10 Å². The molecule has 0 spiro atoms. The molecule has 3 rings (SSSR count). The lowest BCUT2D eigenvalue weighted by molar-refractivity contribution is -0.118. The number of para-hydroxylation sites is 1. The molecule has 1 heterocycles. The van der Waals surface area contributed by atoms with Crippen molar-refractivity contribution in [2.45, 2.75) is 32.6 Å². The number of aromatic nitrogens is 2. The van der Waals surface area contributed by atoms with E-state index in [0.717, 1.165) is 23.5 Å². The van der Waals surface area contributed by atoms with Gasteiger partial charge in [0.15, 0.2) is 0 Å². The lowest BCUT2D eigenvalue weighted by Crippen LogP contribution is -2.38. The Labute approximate surface area is 131 Å². The van der Waals surface area contributed by atoms with Crippen LogP contribution in [-0.4, -0.2) is 22.2 Å². The zero-order chi connectivity index (χ0) is 15.5. The normalized spacial score (nSPS) is 14.6. The van der Waals surface area contributed by atoms with E-state index in [1.54, 1.807) is 6.20 Å². The van der Waals surface area contributed by atoms with Crippen molar-refractivity contribution in [1.29, 1.82) is 0 Å². The minimum Gasteiger partial charge on any atom is -0.312 e. The first-order valence-electron chi connectivity index (χ1n) is 7.98. The fraction of sp³-hybridized carbons (Fsp3) is 0.444. The number of rotatable bonds is 5. The molecule has 0 atom stereocenters. The Bertz CT molecular complexity index is 644. The number of carbonyl (C=O) groups excluding carboxylic acids is 1. The lowest BCUT2D eigenvalue weighted by atomic mass is 9.85. The van der Waals surface area contributed by atoms with Crippen molar-refractivity contribution in [3.63, 3.8) is 0 Å². The van der Waals surface area contributed by atoms with Gasteiger partial charge in [-0.25, -0.2) is 0 Å². The molecule has 0 unspecified atom stereocenters. The molecule has 116 valence electrons. The van der Waals surface area contributed by atoms with E-state index in [9.17, 15) is 4.79 Å². The largest absolute Gasteiger partial charge is 0.312 e. The van der Waals surface area contributed by atoms with Crippen molar-refractivity contribution in [3.05, 3.63) is 47.8 Å². The summed E-state index contributed by atoms with van der Waals surface area (Å²) in [5.74, 6) is 0.813. The SMILES string of the molecule is Cc1c(CC(=O)N(CC2CCC2)c2ccccc2)cnn1C. The van der Waals surface area contributed by atoms with E-state index < -0.39 is 0 Å². The highest BCUT2D eigenvalue weighted by atomic mass is 16.2. The van der Waals surface area contributed by atoms with Crippen LogP contribution in [0.5, 0.6) is 0 Å². The molecule has 1 aromatic carbocycles. The van der Waals surface area contributed by atoms with E-state index in [0.29, 0.717) is 12.3 Å². The summed E-state index contributed by atoms with van der Waals surface area (Å²) in [6.45, 7) is 2.84. The highest BCUT2D eigenvalue weighted by Gasteiger charge is 2.25. The third-order valence-corrected chi connectivity index (χ3v) is 4.71. The maximum absolute atomic E-state index is 12.8. The predicted octanol–water partition coefficient (Wildman–Crippen LogP) is 3.10. The summed E-state index contributed by atoms with van der Waals surface area (Å²) in [7, 11) is 1.91. The smallest absolute Gasteiger partial charge is 0.231 e. The van der Waals surface area contributed by atoms with Crippen LogP contribution in [0.25, 0.3) is 0 Å². The highest BCUT2D eigenvalue weighted by molar-refractivity contribution is 5.94. The summed E-state index contributed by atoms with van der Waals surface area (Å²) in [6.07, 6.45) is 6.00. The summed E-state index contributed by atoms with van der Waals surface area (Å²) in [6, 6.07) is 10.0. The molecule has 22 heavy (non-hydrogen) atoms. The topological polar surface area (TPSA) is 38.1 Å². The second-order valence-electron chi connectivity index (χ2n) is 6.19. The maximum Gasteiger partial charge on any atom is 0.231 e. The first-order valence-corrected chi connectivity index (χ1v) is 7.98. The molecule has 2 aromatic rings. The zero-order valence-corrected chi connectivity index (χ0v) is 13.3. The summed E-state index contributed by atoms with van der Waals surface area (Å²) in [5, 5.41) is 4.24. The van der Waals surface area contributed by atoms with Gasteiger partial charge in [0.25, 0.3) is 0 Å². The van der Waals surface area contributed by atoms with Crippen LogP contribution in [-0.2, 0) is 18.3 Å². The van der Waals surface area contributed by atoms with E-state index in [-0.39, 0.29) is 5.91 Å². The van der Waals surface area contributed by atoms with Gasteiger partial charge >= 0.3 is 0 Å². The first kappa shape index (κ1) is 14.8. The van der Waals surface area contributed by atoms with Crippen molar-refractivity contribution in [3.8, 4) is 0 Å². The van der Waals surface area contributed by atoms with Gasteiger partial charge in [0, 0.05) is 30.5 Å². The first-order chi connectivity index (χ1) is 10.6. The number of aryl methyl sites for hydroxylation is 1. The summed E-state index contributed by atoms with van der Waals surface area (Å²) >= 11 is 0. The quantitative estimate of drug-likeness (QED) is 0.850. The molecule has 1 saturated carbocycles. The Hall–Kier alpha value is -2.10. The van der Waals surface area contributed by atoms with Gasteiger partial charge in [0.1, 0.15) is 0 Å².